The minimum absolute atomic E-state index is 0.0903. The number of benzene rings is 1. The molecule has 1 amide bonds. The van der Waals surface area contributed by atoms with Crippen LogP contribution in [0.2, 0.25) is 0 Å². The van der Waals surface area contributed by atoms with Crippen LogP contribution in [0.1, 0.15) is 37.8 Å². The maximum Gasteiger partial charge on any atom is 0.309 e. The zero-order valence-corrected chi connectivity index (χ0v) is 18.4. The molecule has 1 aliphatic heterocycles. The molecule has 1 saturated heterocycles. The number of likely N-dealkylation sites (tertiary alicyclic amines) is 1. The van der Waals surface area contributed by atoms with Crippen LogP contribution in [0.5, 0.6) is 0 Å². The van der Waals surface area contributed by atoms with Crippen molar-refractivity contribution >= 4 is 23.6 Å². The Morgan fingerprint density at radius 2 is 2.00 bits per heavy atom. The Kier molecular flexibility index (Phi) is 7.00. The molecule has 0 radical (unpaired) electrons. The molecule has 0 unspecified atom stereocenters. The Bertz CT molecular complexity index is 872. The first-order valence-corrected chi connectivity index (χ1v) is 11.0. The van der Waals surface area contributed by atoms with Crippen LogP contribution >= 0.6 is 11.8 Å². The summed E-state index contributed by atoms with van der Waals surface area (Å²) < 4.78 is 7.15. The second-order valence-electron chi connectivity index (χ2n) is 7.48. The summed E-state index contributed by atoms with van der Waals surface area (Å²) in [5, 5.41) is 0.556. The summed E-state index contributed by atoms with van der Waals surface area (Å²) in [6.07, 6.45) is 5.03. The zero-order valence-electron chi connectivity index (χ0n) is 17.6. The van der Waals surface area contributed by atoms with E-state index in [1.165, 1.54) is 22.9 Å². The number of carbonyl (C=O) groups is 2. The second-order valence-corrected chi connectivity index (χ2v) is 8.79. The Labute approximate surface area is 176 Å². The van der Waals surface area contributed by atoms with Gasteiger partial charge in [0.25, 0.3) is 0 Å². The van der Waals surface area contributed by atoms with Crippen molar-refractivity contribution in [2.24, 2.45) is 5.92 Å². The van der Waals surface area contributed by atoms with Crippen LogP contribution < -0.4 is 0 Å². The predicted molar refractivity (Wildman–Crippen MR) is 114 cm³/mol. The molecule has 1 aromatic heterocycles. The topological polar surface area (TPSA) is 64.4 Å². The molecule has 0 bridgehead atoms. The van der Waals surface area contributed by atoms with Crippen LogP contribution in [0.4, 0.5) is 0 Å². The summed E-state index contributed by atoms with van der Waals surface area (Å²) in [5.41, 5.74) is 3.46. The normalized spacial score (nSPS) is 15.9. The minimum atomic E-state index is -0.249. The number of piperidine rings is 1. The van der Waals surface area contributed by atoms with Gasteiger partial charge in [-0.05, 0) is 52.2 Å². The van der Waals surface area contributed by atoms with Gasteiger partial charge in [-0.15, -0.1) is 0 Å². The van der Waals surface area contributed by atoms with E-state index in [4.69, 9.17) is 4.74 Å². The van der Waals surface area contributed by atoms with Gasteiger partial charge in [0, 0.05) is 25.5 Å². The summed E-state index contributed by atoms with van der Waals surface area (Å²) >= 11 is 1.47. The van der Waals surface area contributed by atoms with Crippen LogP contribution in [0.3, 0.4) is 0 Å². The maximum atomic E-state index is 12.9. The maximum absolute atomic E-state index is 12.9. The van der Waals surface area contributed by atoms with Gasteiger partial charge in [0.15, 0.2) is 5.16 Å². The number of amides is 1. The Morgan fingerprint density at radius 3 is 2.66 bits per heavy atom. The monoisotopic (exact) mass is 415 g/mol. The molecule has 3 rings (SSSR count). The average molecular weight is 416 g/mol. The van der Waals surface area contributed by atoms with Gasteiger partial charge in [-0.3, -0.25) is 14.2 Å². The number of imidazole rings is 1. The SMILES string of the molecule is CCOC(=O)C1CCN(C(=O)[C@@H](C)Sc2nccn2-c2ccc(C)cc2C)CC1. The molecule has 0 spiro atoms. The number of hydrogen-bond donors (Lipinski definition) is 0. The molecule has 1 aromatic carbocycles. The van der Waals surface area contributed by atoms with E-state index in [0.717, 1.165) is 10.8 Å². The molecule has 1 fully saturated rings. The molecule has 1 atom stereocenters. The van der Waals surface area contributed by atoms with Gasteiger partial charge in [0.05, 0.1) is 23.5 Å². The molecule has 29 heavy (non-hydrogen) atoms. The smallest absolute Gasteiger partial charge is 0.309 e. The molecule has 7 heteroatoms. The fourth-order valence-electron chi connectivity index (χ4n) is 3.70. The third-order valence-corrected chi connectivity index (χ3v) is 6.34. The molecule has 2 aromatic rings. The van der Waals surface area contributed by atoms with Crippen molar-refractivity contribution in [2.45, 2.75) is 50.9 Å². The number of esters is 1. The van der Waals surface area contributed by atoms with Crippen LogP contribution in [0.25, 0.3) is 5.69 Å². The van der Waals surface area contributed by atoms with Crippen molar-refractivity contribution in [3.8, 4) is 5.69 Å². The van der Waals surface area contributed by atoms with E-state index in [1.807, 2.05) is 29.5 Å². The molecule has 0 N–H and O–H groups in total. The van der Waals surface area contributed by atoms with Crippen molar-refractivity contribution < 1.29 is 14.3 Å². The van der Waals surface area contributed by atoms with E-state index >= 15 is 0 Å². The number of rotatable bonds is 6. The Hall–Kier alpha value is -2.28. The number of ether oxygens (including phenoxy) is 1. The predicted octanol–water partition coefficient (Wildman–Crippen LogP) is 3.77. The van der Waals surface area contributed by atoms with Gasteiger partial charge in [-0.1, -0.05) is 29.5 Å². The summed E-state index contributed by atoms with van der Waals surface area (Å²) in [6.45, 7) is 9.49. The van der Waals surface area contributed by atoms with E-state index in [9.17, 15) is 9.59 Å². The van der Waals surface area contributed by atoms with Crippen molar-refractivity contribution in [1.82, 2.24) is 14.5 Å². The van der Waals surface area contributed by atoms with Crippen LogP contribution in [0.15, 0.2) is 35.7 Å². The third-order valence-electron chi connectivity index (χ3n) is 5.28. The van der Waals surface area contributed by atoms with Crippen molar-refractivity contribution in [3.63, 3.8) is 0 Å². The van der Waals surface area contributed by atoms with E-state index in [-0.39, 0.29) is 23.0 Å². The second kappa shape index (κ2) is 9.48. The molecule has 2 heterocycles. The van der Waals surface area contributed by atoms with Gasteiger partial charge < -0.3 is 9.64 Å². The van der Waals surface area contributed by atoms with Crippen molar-refractivity contribution in [3.05, 3.63) is 41.7 Å². The number of thioether (sulfide) groups is 1. The first-order chi connectivity index (χ1) is 13.9. The van der Waals surface area contributed by atoms with E-state index in [2.05, 4.69) is 37.0 Å². The number of nitrogens with zero attached hydrogens (tertiary/aromatic N) is 3. The highest BCUT2D eigenvalue weighted by atomic mass is 32.2. The van der Waals surface area contributed by atoms with Crippen LogP contribution in [-0.4, -0.2) is 51.3 Å². The fourth-order valence-corrected chi connectivity index (χ4v) is 4.66. The standard InChI is InChI=1S/C22H29N3O3S/c1-5-28-21(27)18-8-11-24(12-9-18)20(26)17(4)29-22-23-10-13-25(22)19-7-6-15(2)14-16(19)3/h6-7,10,13-14,17-18H,5,8-9,11-12H2,1-4H3/t17-/m1/s1. The first kappa shape index (κ1) is 21.4. The van der Waals surface area contributed by atoms with E-state index < -0.39 is 0 Å². The summed E-state index contributed by atoms with van der Waals surface area (Å²) in [6, 6.07) is 6.31. The lowest BCUT2D eigenvalue weighted by molar-refractivity contribution is -0.151. The quantitative estimate of drug-likeness (QED) is 0.531. The van der Waals surface area contributed by atoms with Gasteiger partial charge in [-0.25, -0.2) is 4.98 Å². The lowest BCUT2D eigenvalue weighted by atomic mass is 9.97. The fraction of sp³-hybridized carbons (Fsp3) is 0.500. The summed E-state index contributed by atoms with van der Waals surface area (Å²) in [7, 11) is 0. The lowest BCUT2D eigenvalue weighted by Crippen LogP contribution is -2.43. The molecule has 0 saturated carbocycles. The number of aryl methyl sites for hydroxylation is 2. The Balaban J connectivity index is 1.63. The highest BCUT2D eigenvalue weighted by molar-refractivity contribution is 8.00. The highest BCUT2D eigenvalue weighted by Gasteiger charge is 2.30. The molecular formula is C22H29N3O3S. The number of aromatic nitrogens is 2. The number of carbonyl (C=O) groups excluding carboxylic acids is 2. The van der Waals surface area contributed by atoms with Gasteiger partial charge in [0.2, 0.25) is 5.91 Å². The largest absolute Gasteiger partial charge is 0.466 e. The van der Waals surface area contributed by atoms with Gasteiger partial charge in [-0.2, -0.15) is 0 Å². The van der Waals surface area contributed by atoms with Crippen LogP contribution in [-0.2, 0) is 14.3 Å². The Morgan fingerprint density at radius 1 is 1.28 bits per heavy atom. The van der Waals surface area contributed by atoms with Crippen molar-refractivity contribution in [1.29, 1.82) is 0 Å². The van der Waals surface area contributed by atoms with Crippen molar-refractivity contribution in [2.75, 3.05) is 19.7 Å². The zero-order chi connectivity index (χ0) is 21.0. The summed E-state index contributed by atoms with van der Waals surface area (Å²) in [4.78, 5) is 31.2. The average Bonchev–Trinajstić information content (AvgIpc) is 3.15. The molecule has 0 aliphatic carbocycles. The van der Waals surface area contributed by atoms with Gasteiger partial charge in [0.1, 0.15) is 0 Å². The molecule has 6 nitrogen and oxygen atoms in total. The molecule has 1 aliphatic rings. The van der Waals surface area contributed by atoms with Gasteiger partial charge >= 0.3 is 5.97 Å². The minimum Gasteiger partial charge on any atom is -0.466 e. The molecule has 156 valence electrons. The highest BCUT2D eigenvalue weighted by Crippen LogP contribution is 2.28. The molecular weight excluding hydrogens is 386 g/mol. The third kappa shape index (κ3) is 5.01. The van der Waals surface area contributed by atoms with E-state index in [0.29, 0.717) is 32.5 Å². The van der Waals surface area contributed by atoms with E-state index in [1.54, 1.807) is 6.20 Å². The lowest BCUT2D eigenvalue weighted by Gasteiger charge is -2.32. The van der Waals surface area contributed by atoms with Crippen LogP contribution in [0, 0.1) is 19.8 Å². The summed E-state index contributed by atoms with van der Waals surface area (Å²) in [5.74, 6) is -0.143. The number of hydrogen-bond acceptors (Lipinski definition) is 5. The first-order valence-electron chi connectivity index (χ1n) is 10.1.